The Hall–Kier alpha value is -3.60. The summed E-state index contributed by atoms with van der Waals surface area (Å²) >= 11 is 0. The van der Waals surface area contributed by atoms with E-state index in [9.17, 15) is 4.79 Å². The molecule has 1 aromatic carbocycles. The lowest BCUT2D eigenvalue weighted by Gasteiger charge is -2.28. The second-order valence-corrected chi connectivity index (χ2v) is 8.49. The number of carbonyl (C=O) groups is 1. The smallest absolute Gasteiger partial charge is 0.197 e. The number of likely N-dealkylation sites (N-methyl/N-ethyl adjacent to an activating group) is 1. The van der Waals surface area contributed by atoms with Gasteiger partial charge >= 0.3 is 0 Å². The number of hydrogen-bond acceptors (Lipinski definition) is 10. The minimum Gasteiger partial charge on any atom is -0.448 e. The number of nitrogens with zero attached hydrogens (tertiary/aromatic N) is 4. The van der Waals surface area contributed by atoms with Gasteiger partial charge in [0.05, 0.1) is 19.8 Å². The molecule has 1 unspecified atom stereocenters. The first-order valence-corrected chi connectivity index (χ1v) is 12.0. The number of allylic oxidation sites excluding steroid dienone is 1. The lowest BCUT2D eigenvalue weighted by Crippen LogP contribution is -2.41. The van der Waals surface area contributed by atoms with Crippen molar-refractivity contribution >= 4 is 35.9 Å². The Kier molecular flexibility index (Phi) is 9.15. The second kappa shape index (κ2) is 12.9. The van der Waals surface area contributed by atoms with Crippen LogP contribution in [-0.2, 0) is 9.47 Å². The van der Waals surface area contributed by atoms with Gasteiger partial charge in [0.1, 0.15) is 12.0 Å². The predicted molar refractivity (Wildman–Crippen MR) is 140 cm³/mol. The zero-order valence-electron chi connectivity index (χ0n) is 20.6. The Balaban J connectivity index is 0.000000375. The van der Waals surface area contributed by atoms with Crippen LogP contribution in [0.4, 0.5) is 5.69 Å². The van der Waals surface area contributed by atoms with Crippen LogP contribution in [0.5, 0.6) is 0 Å². The number of aryl methyl sites for hydroxylation is 1. The normalized spacial score (nSPS) is 22.6. The summed E-state index contributed by atoms with van der Waals surface area (Å²) in [6.07, 6.45) is 6.76. The van der Waals surface area contributed by atoms with Crippen LogP contribution in [0.25, 0.3) is 5.57 Å². The maximum absolute atomic E-state index is 11.2. The molecular weight excluding hydrogens is 460 g/mol. The van der Waals surface area contributed by atoms with Crippen molar-refractivity contribution in [2.75, 3.05) is 46.6 Å². The van der Waals surface area contributed by atoms with Crippen LogP contribution in [0.2, 0.25) is 0 Å². The monoisotopic (exact) mass is 492 g/mol. The van der Waals surface area contributed by atoms with Crippen LogP contribution in [0.15, 0.2) is 56.0 Å². The topological polar surface area (TPSA) is 113 Å². The maximum Gasteiger partial charge on any atom is 0.197 e. The van der Waals surface area contributed by atoms with Gasteiger partial charge in [-0.25, -0.2) is 9.98 Å². The van der Waals surface area contributed by atoms with Gasteiger partial charge in [0.15, 0.2) is 23.6 Å². The average Bonchev–Trinajstić information content (AvgIpc) is 3.58. The molecule has 0 amide bonds. The summed E-state index contributed by atoms with van der Waals surface area (Å²) in [4.78, 5) is 21.9. The number of morpholine rings is 1. The first-order valence-electron chi connectivity index (χ1n) is 12.0. The molecular formula is C26H32N6O4. The summed E-state index contributed by atoms with van der Waals surface area (Å²) in [5.41, 5.74) is 6.53. The van der Waals surface area contributed by atoms with Gasteiger partial charge in [-0.1, -0.05) is 29.8 Å². The van der Waals surface area contributed by atoms with E-state index in [1.807, 2.05) is 37.1 Å². The number of aliphatic imine (C=N–C) groups is 2. The molecule has 190 valence electrons. The molecule has 4 heterocycles. The third-order valence-electron chi connectivity index (χ3n) is 5.92. The van der Waals surface area contributed by atoms with Crippen molar-refractivity contribution in [3.63, 3.8) is 0 Å². The molecule has 2 aromatic rings. The van der Waals surface area contributed by atoms with Crippen LogP contribution in [-0.4, -0.2) is 82.2 Å². The van der Waals surface area contributed by atoms with E-state index in [4.69, 9.17) is 13.9 Å². The van der Waals surface area contributed by atoms with Gasteiger partial charge in [-0.15, -0.1) is 0 Å². The lowest BCUT2D eigenvalue weighted by atomic mass is 10.1. The lowest BCUT2D eigenvalue weighted by molar-refractivity contribution is 0.0676. The molecule has 2 saturated heterocycles. The Morgan fingerprint density at radius 1 is 1.17 bits per heavy atom. The number of carbonyl (C=O) groups excluding carboxylic acids is 1. The second-order valence-electron chi connectivity index (χ2n) is 8.49. The highest BCUT2D eigenvalue weighted by atomic mass is 16.5. The molecule has 1 aromatic heterocycles. The van der Waals surface area contributed by atoms with E-state index < -0.39 is 0 Å². The maximum atomic E-state index is 11.2. The van der Waals surface area contributed by atoms with Crippen LogP contribution in [0, 0.1) is 6.92 Å². The Morgan fingerprint density at radius 2 is 2.03 bits per heavy atom. The molecule has 10 nitrogen and oxygen atoms in total. The zero-order chi connectivity index (χ0) is 25.2. The number of aldehydes is 1. The van der Waals surface area contributed by atoms with E-state index in [2.05, 4.69) is 31.9 Å². The highest BCUT2D eigenvalue weighted by molar-refractivity contribution is 6.12. The standard InChI is InChI=1S/C21H21N5O3.C5H11NO/c1-15-3-2-4-16(9-15)17-11-22-14-23-19-10-18(13-27)29-20(19)21(25-24-12-17)26-5-7-28-8-6-26;1-6-5-2-3-7-4-5/h2-4,9-14,24H,5-8H2,1H3;5-6H,2-4H2,1H3/b17-12+,22-11?,23-14?,25-21+;. The van der Waals surface area contributed by atoms with Gasteiger partial charge in [0.2, 0.25) is 0 Å². The van der Waals surface area contributed by atoms with Crippen molar-refractivity contribution in [1.29, 1.82) is 0 Å². The van der Waals surface area contributed by atoms with Crippen LogP contribution in [0.1, 0.15) is 33.9 Å². The number of fused-ring (bicyclic) bond motifs is 1. The van der Waals surface area contributed by atoms with Crippen molar-refractivity contribution in [3.8, 4) is 0 Å². The SMILES string of the molecule is CNC1CCOC1.Cc1cccc(/C2=C/N/N=C(/N3CCOCC3)c3oc(C=O)cc3N=CN=C2)c1. The van der Waals surface area contributed by atoms with Crippen LogP contribution in [0.3, 0.4) is 0 Å². The highest BCUT2D eigenvalue weighted by Crippen LogP contribution is 2.26. The Morgan fingerprint density at radius 3 is 2.72 bits per heavy atom. The summed E-state index contributed by atoms with van der Waals surface area (Å²) in [6.45, 7) is 6.37. The van der Waals surface area contributed by atoms with Crippen molar-refractivity contribution in [2.45, 2.75) is 19.4 Å². The number of amidine groups is 1. The van der Waals surface area contributed by atoms with Gasteiger partial charge in [-0.2, -0.15) is 5.10 Å². The average molecular weight is 493 g/mol. The van der Waals surface area contributed by atoms with Crippen molar-refractivity contribution in [2.24, 2.45) is 15.1 Å². The van der Waals surface area contributed by atoms with Crippen molar-refractivity contribution < 1.29 is 18.7 Å². The first-order chi connectivity index (χ1) is 17.7. The molecule has 0 spiro atoms. The van der Waals surface area contributed by atoms with Gasteiger partial charge in [-0.05, 0) is 26.0 Å². The van der Waals surface area contributed by atoms with E-state index in [0.29, 0.717) is 55.9 Å². The molecule has 3 aliphatic heterocycles. The number of benzene rings is 1. The van der Waals surface area contributed by atoms with Crippen LogP contribution < -0.4 is 10.7 Å². The summed E-state index contributed by atoms with van der Waals surface area (Å²) in [7, 11) is 1.97. The van der Waals surface area contributed by atoms with Gasteiger partial charge in [0, 0.05) is 49.8 Å². The van der Waals surface area contributed by atoms with E-state index in [-0.39, 0.29) is 5.76 Å². The molecule has 2 fully saturated rings. The summed E-state index contributed by atoms with van der Waals surface area (Å²) in [6, 6.07) is 10.3. The van der Waals surface area contributed by atoms with E-state index in [0.717, 1.165) is 29.9 Å². The molecule has 0 radical (unpaired) electrons. The minimum absolute atomic E-state index is 0.185. The molecule has 0 saturated carbocycles. The van der Waals surface area contributed by atoms with E-state index in [1.165, 1.54) is 12.8 Å². The van der Waals surface area contributed by atoms with Gasteiger partial charge in [-0.3, -0.25) is 10.2 Å². The third-order valence-corrected chi connectivity index (χ3v) is 5.92. The number of ether oxygens (including phenoxy) is 2. The molecule has 0 aliphatic carbocycles. The van der Waals surface area contributed by atoms with Crippen LogP contribution >= 0.6 is 0 Å². The predicted octanol–water partition coefficient (Wildman–Crippen LogP) is 2.76. The van der Waals surface area contributed by atoms with Crippen molar-refractivity contribution in [3.05, 3.63) is 59.2 Å². The van der Waals surface area contributed by atoms with Gasteiger partial charge < -0.3 is 24.1 Å². The largest absolute Gasteiger partial charge is 0.448 e. The molecule has 5 rings (SSSR count). The molecule has 3 aliphatic rings. The zero-order valence-corrected chi connectivity index (χ0v) is 20.6. The van der Waals surface area contributed by atoms with Crippen molar-refractivity contribution in [1.82, 2.24) is 15.6 Å². The number of rotatable bonds is 3. The third kappa shape index (κ3) is 6.75. The number of furan rings is 1. The fourth-order valence-corrected chi connectivity index (χ4v) is 3.91. The summed E-state index contributed by atoms with van der Waals surface area (Å²) < 4.78 is 16.2. The fraction of sp³-hybridized carbons (Fsp3) is 0.385. The Bertz CT molecular complexity index is 1140. The highest BCUT2D eigenvalue weighted by Gasteiger charge is 2.24. The number of hydrogen-bond donors (Lipinski definition) is 2. The molecule has 36 heavy (non-hydrogen) atoms. The number of hydrazone groups is 1. The minimum atomic E-state index is 0.185. The Labute approximate surface area is 210 Å². The molecule has 0 bridgehead atoms. The summed E-state index contributed by atoms with van der Waals surface area (Å²) in [5.74, 6) is 1.17. The number of nitrogens with one attached hydrogen (secondary N) is 2. The first kappa shape index (κ1) is 25.5. The quantitative estimate of drug-likeness (QED) is 0.634. The molecule has 1 atom stereocenters. The van der Waals surface area contributed by atoms with E-state index in [1.54, 1.807) is 18.5 Å². The molecule has 10 heteroatoms. The molecule has 2 N–H and O–H groups in total. The summed E-state index contributed by atoms with van der Waals surface area (Å²) in [5, 5.41) is 7.69. The van der Waals surface area contributed by atoms with Gasteiger partial charge in [0.25, 0.3) is 0 Å². The van der Waals surface area contributed by atoms with E-state index >= 15 is 0 Å². The fourth-order valence-electron chi connectivity index (χ4n) is 3.91.